The SMILES string of the molecule is Cc1[nH]c2ccc(F)cc2c1CC(=O)N1CCC(C(=O)NCC(C)(C)CN(C)C)CC1. The van der Waals surface area contributed by atoms with E-state index >= 15 is 0 Å². The molecule has 31 heavy (non-hydrogen) atoms. The molecule has 0 atom stereocenters. The number of carbonyl (C=O) groups is 2. The van der Waals surface area contributed by atoms with Crippen molar-refractivity contribution in [1.29, 1.82) is 0 Å². The first-order valence-corrected chi connectivity index (χ1v) is 11.0. The second-order valence-electron chi connectivity index (χ2n) is 9.87. The van der Waals surface area contributed by atoms with Crippen molar-refractivity contribution in [2.75, 3.05) is 40.3 Å². The summed E-state index contributed by atoms with van der Waals surface area (Å²) in [6, 6.07) is 4.60. The van der Waals surface area contributed by atoms with Crippen LogP contribution < -0.4 is 5.32 Å². The average molecular weight is 431 g/mol. The van der Waals surface area contributed by atoms with Crippen molar-refractivity contribution in [3.05, 3.63) is 35.3 Å². The molecule has 170 valence electrons. The summed E-state index contributed by atoms with van der Waals surface area (Å²) in [7, 11) is 4.06. The Balaban J connectivity index is 1.53. The van der Waals surface area contributed by atoms with Gasteiger partial charge in [-0.15, -0.1) is 0 Å². The van der Waals surface area contributed by atoms with Gasteiger partial charge in [0.2, 0.25) is 11.8 Å². The number of carbonyl (C=O) groups excluding carboxylic acids is 2. The molecule has 0 radical (unpaired) electrons. The third-order valence-corrected chi connectivity index (χ3v) is 6.11. The summed E-state index contributed by atoms with van der Waals surface area (Å²) < 4.78 is 13.7. The van der Waals surface area contributed by atoms with Gasteiger partial charge in [0, 0.05) is 48.7 Å². The predicted molar refractivity (Wildman–Crippen MR) is 121 cm³/mol. The van der Waals surface area contributed by atoms with Gasteiger partial charge in [0.25, 0.3) is 0 Å². The largest absolute Gasteiger partial charge is 0.358 e. The highest BCUT2D eigenvalue weighted by Crippen LogP contribution is 2.25. The molecule has 0 spiro atoms. The van der Waals surface area contributed by atoms with E-state index in [1.807, 2.05) is 25.9 Å². The van der Waals surface area contributed by atoms with E-state index < -0.39 is 0 Å². The smallest absolute Gasteiger partial charge is 0.227 e. The molecule has 1 aliphatic rings. The molecule has 0 saturated carbocycles. The van der Waals surface area contributed by atoms with Crippen LogP contribution >= 0.6 is 0 Å². The molecular weight excluding hydrogens is 395 g/mol. The fraction of sp³-hybridized carbons (Fsp3) is 0.583. The van der Waals surface area contributed by atoms with Gasteiger partial charge in [0.05, 0.1) is 6.42 Å². The minimum Gasteiger partial charge on any atom is -0.358 e. The molecule has 2 amide bonds. The lowest BCUT2D eigenvalue weighted by Gasteiger charge is -2.33. The van der Waals surface area contributed by atoms with Gasteiger partial charge in [0.1, 0.15) is 5.82 Å². The number of piperidine rings is 1. The number of nitrogens with zero attached hydrogens (tertiary/aromatic N) is 2. The lowest BCUT2D eigenvalue weighted by atomic mass is 9.91. The Bertz CT molecular complexity index is 942. The Labute approximate surface area is 184 Å². The maximum Gasteiger partial charge on any atom is 0.227 e. The molecule has 1 saturated heterocycles. The number of benzene rings is 1. The van der Waals surface area contributed by atoms with Gasteiger partial charge in [-0.2, -0.15) is 0 Å². The van der Waals surface area contributed by atoms with Crippen molar-refractivity contribution in [3.8, 4) is 0 Å². The minimum atomic E-state index is -0.305. The lowest BCUT2D eigenvalue weighted by Crippen LogP contribution is -2.46. The van der Waals surface area contributed by atoms with Gasteiger partial charge < -0.3 is 20.1 Å². The van der Waals surface area contributed by atoms with E-state index in [-0.39, 0.29) is 35.4 Å². The highest BCUT2D eigenvalue weighted by Gasteiger charge is 2.29. The van der Waals surface area contributed by atoms with Crippen LogP contribution in [0.4, 0.5) is 4.39 Å². The van der Waals surface area contributed by atoms with E-state index in [1.54, 1.807) is 6.07 Å². The summed E-state index contributed by atoms with van der Waals surface area (Å²) in [5.74, 6) is -0.245. The number of nitrogens with one attached hydrogen (secondary N) is 2. The molecule has 1 aromatic heterocycles. The van der Waals surface area contributed by atoms with Crippen LogP contribution in [0.5, 0.6) is 0 Å². The summed E-state index contributed by atoms with van der Waals surface area (Å²) >= 11 is 0. The van der Waals surface area contributed by atoms with Gasteiger partial charge in [-0.3, -0.25) is 9.59 Å². The van der Waals surface area contributed by atoms with E-state index in [1.165, 1.54) is 12.1 Å². The van der Waals surface area contributed by atoms with Gasteiger partial charge in [-0.25, -0.2) is 4.39 Å². The number of amides is 2. The number of likely N-dealkylation sites (tertiary alicyclic amines) is 1. The van der Waals surface area contributed by atoms with Crippen molar-refractivity contribution in [2.45, 2.75) is 40.0 Å². The average Bonchev–Trinajstić information content (AvgIpc) is 3.00. The zero-order valence-electron chi connectivity index (χ0n) is 19.3. The van der Waals surface area contributed by atoms with Crippen LogP contribution in [0, 0.1) is 24.1 Å². The van der Waals surface area contributed by atoms with Crippen LogP contribution in [0.1, 0.15) is 37.9 Å². The number of aromatic nitrogens is 1. The van der Waals surface area contributed by atoms with Crippen LogP contribution in [-0.2, 0) is 16.0 Å². The summed E-state index contributed by atoms with van der Waals surface area (Å²) in [5.41, 5.74) is 2.59. The van der Waals surface area contributed by atoms with Gasteiger partial charge in [0.15, 0.2) is 0 Å². The number of rotatable bonds is 7. The number of hydrogen-bond acceptors (Lipinski definition) is 3. The van der Waals surface area contributed by atoms with Crippen LogP contribution in [0.25, 0.3) is 10.9 Å². The number of hydrogen-bond donors (Lipinski definition) is 2. The van der Waals surface area contributed by atoms with Crippen LogP contribution in [0.15, 0.2) is 18.2 Å². The van der Waals surface area contributed by atoms with Gasteiger partial charge in [-0.05, 0) is 63.0 Å². The van der Waals surface area contributed by atoms with E-state index in [2.05, 4.69) is 29.0 Å². The minimum absolute atomic E-state index is 0.00644. The van der Waals surface area contributed by atoms with Gasteiger partial charge >= 0.3 is 0 Å². The summed E-state index contributed by atoms with van der Waals surface area (Å²) in [5, 5.41) is 3.87. The highest BCUT2D eigenvalue weighted by molar-refractivity contribution is 5.90. The number of fused-ring (bicyclic) bond motifs is 1. The zero-order chi connectivity index (χ0) is 22.8. The second-order valence-corrected chi connectivity index (χ2v) is 9.87. The second kappa shape index (κ2) is 9.39. The fourth-order valence-corrected chi connectivity index (χ4v) is 4.62. The molecule has 0 aliphatic carbocycles. The first-order valence-electron chi connectivity index (χ1n) is 11.0. The monoisotopic (exact) mass is 430 g/mol. The molecule has 1 aliphatic heterocycles. The van der Waals surface area contributed by atoms with E-state index in [4.69, 9.17) is 0 Å². The van der Waals surface area contributed by atoms with Crippen LogP contribution in [-0.4, -0.2) is 66.9 Å². The zero-order valence-corrected chi connectivity index (χ0v) is 19.3. The molecule has 2 aromatic rings. The molecule has 2 heterocycles. The van der Waals surface area contributed by atoms with E-state index in [0.717, 1.165) is 28.7 Å². The Hall–Kier alpha value is -2.41. The number of aryl methyl sites for hydroxylation is 1. The van der Waals surface area contributed by atoms with Crippen LogP contribution in [0.2, 0.25) is 0 Å². The lowest BCUT2D eigenvalue weighted by molar-refractivity contribution is -0.135. The normalized spacial score (nSPS) is 15.6. The van der Waals surface area contributed by atoms with Crippen molar-refractivity contribution in [1.82, 2.24) is 20.1 Å². The molecular formula is C24H35FN4O2. The first kappa shape index (κ1) is 23.3. The Morgan fingerprint density at radius 1 is 1.26 bits per heavy atom. The molecule has 1 fully saturated rings. The molecule has 7 heteroatoms. The molecule has 2 N–H and O–H groups in total. The fourth-order valence-electron chi connectivity index (χ4n) is 4.62. The van der Waals surface area contributed by atoms with Crippen molar-refractivity contribution in [3.63, 3.8) is 0 Å². The quantitative estimate of drug-likeness (QED) is 0.709. The molecule has 0 bridgehead atoms. The summed E-state index contributed by atoms with van der Waals surface area (Å²) in [6.07, 6.45) is 1.59. The van der Waals surface area contributed by atoms with Crippen molar-refractivity contribution < 1.29 is 14.0 Å². The van der Waals surface area contributed by atoms with Gasteiger partial charge in [-0.1, -0.05) is 13.8 Å². The highest BCUT2D eigenvalue weighted by atomic mass is 19.1. The topological polar surface area (TPSA) is 68.4 Å². The summed E-state index contributed by atoms with van der Waals surface area (Å²) in [4.78, 5) is 32.7. The van der Waals surface area contributed by atoms with Crippen molar-refractivity contribution >= 4 is 22.7 Å². The van der Waals surface area contributed by atoms with Crippen molar-refractivity contribution in [2.24, 2.45) is 11.3 Å². The van der Waals surface area contributed by atoms with E-state index in [0.29, 0.717) is 32.5 Å². The molecule has 6 nitrogen and oxygen atoms in total. The summed E-state index contributed by atoms with van der Waals surface area (Å²) in [6.45, 7) is 8.90. The number of aromatic amines is 1. The number of H-pyrrole nitrogens is 1. The molecule has 1 aromatic carbocycles. The van der Waals surface area contributed by atoms with Crippen LogP contribution in [0.3, 0.4) is 0 Å². The standard InChI is InChI=1S/C24H35FN4O2/c1-16-19(20-12-18(25)6-7-21(20)27-16)13-22(30)29-10-8-17(9-11-29)23(31)26-14-24(2,3)15-28(4)5/h6-7,12,17,27H,8-11,13-15H2,1-5H3,(H,26,31). The maximum absolute atomic E-state index is 13.7. The Morgan fingerprint density at radius 3 is 2.58 bits per heavy atom. The molecule has 3 rings (SSSR count). The maximum atomic E-state index is 13.7. The Morgan fingerprint density at radius 2 is 1.94 bits per heavy atom. The third kappa shape index (κ3) is 5.85. The number of halogens is 1. The Kier molecular flexibility index (Phi) is 7.04. The van der Waals surface area contributed by atoms with E-state index in [9.17, 15) is 14.0 Å². The molecule has 0 unspecified atom stereocenters. The third-order valence-electron chi connectivity index (χ3n) is 6.11. The first-order chi connectivity index (χ1) is 14.6. The predicted octanol–water partition coefficient (Wildman–Crippen LogP) is 3.10.